The van der Waals surface area contributed by atoms with Crippen molar-refractivity contribution < 1.29 is 23.6 Å². The van der Waals surface area contributed by atoms with E-state index in [1.807, 2.05) is 6.92 Å². The molecule has 1 saturated heterocycles. The Morgan fingerprint density at radius 1 is 1.17 bits per heavy atom. The van der Waals surface area contributed by atoms with Gasteiger partial charge in [-0.3, -0.25) is 20.2 Å². The number of anilines is 1. The van der Waals surface area contributed by atoms with Gasteiger partial charge in [0.1, 0.15) is 12.4 Å². The Balaban J connectivity index is 1.53. The number of carbonyl (C=O) groups is 1. The smallest absolute Gasteiger partial charge is 0.256 e. The highest BCUT2D eigenvalue weighted by atomic mass is 79.9. The van der Waals surface area contributed by atoms with Crippen molar-refractivity contribution in [1.82, 2.24) is 5.32 Å². The number of amides is 1. The monoisotopic (exact) mass is 555 g/mol. The summed E-state index contributed by atoms with van der Waals surface area (Å²) in [5.74, 6) is -0.708. The summed E-state index contributed by atoms with van der Waals surface area (Å²) in [5.41, 5.74) is 0.883. The van der Waals surface area contributed by atoms with Crippen molar-refractivity contribution >= 4 is 27.5 Å². The van der Waals surface area contributed by atoms with Crippen LogP contribution < -0.4 is 20.1 Å². The number of carbonyl (C=O) groups excluding carboxylic acids is 1. The van der Waals surface area contributed by atoms with Gasteiger partial charge in [0, 0.05) is 22.2 Å². The Morgan fingerprint density at radius 2 is 1.94 bits per heavy atom. The van der Waals surface area contributed by atoms with Crippen molar-refractivity contribution in [3.8, 4) is 11.5 Å². The van der Waals surface area contributed by atoms with Crippen molar-refractivity contribution in [3.63, 3.8) is 0 Å². The van der Waals surface area contributed by atoms with Crippen LogP contribution in [0.2, 0.25) is 0 Å². The van der Waals surface area contributed by atoms with Crippen LogP contribution in [0.4, 0.5) is 10.1 Å². The normalized spacial score (nSPS) is 24.4. The maximum atomic E-state index is 13.5. The van der Waals surface area contributed by atoms with Gasteiger partial charge in [0.15, 0.2) is 17.0 Å². The number of benzene rings is 3. The predicted octanol–water partition coefficient (Wildman–Crippen LogP) is 4.74. The molecule has 0 saturated carbocycles. The van der Waals surface area contributed by atoms with E-state index >= 15 is 0 Å². The highest BCUT2D eigenvalue weighted by molar-refractivity contribution is 9.10. The van der Waals surface area contributed by atoms with Crippen LogP contribution >= 0.6 is 15.9 Å². The molecule has 3 aromatic rings. The molecule has 2 aliphatic heterocycles. The molecule has 5 rings (SSSR count). The number of fused-ring (bicyclic) bond motifs is 2. The first-order chi connectivity index (χ1) is 17.3. The summed E-state index contributed by atoms with van der Waals surface area (Å²) >= 11 is 3.51. The molecule has 186 valence electrons. The molecule has 10 heteroatoms. The van der Waals surface area contributed by atoms with Crippen LogP contribution in [0.15, 0.2) is 65.1 Å². The summed E-state index contributed by atoms with van der Waals surface area (Å²) in [4.78, 5) is 25.4. The number of nitro groups is 1. The van der Waals surface area contributed by atoms with Crippen LogP contribution in [0.1, 0.15) is 29.5 Å². The third kappa shape index (κ3) is 3.81. The van der Waals surface area contributed by atoms with Crippen molar-refractivity contribution in [1.29, 1.82) is 0 Å². The second-order valence-corrected chi connectivity index (χ2v) is 9.80. The lowest BCUT2D eigenvalue weighted by Gasteiger charge is -2.25. The predicted molar refractivity (Wildman–Crippen MR) is 134 cm³/mol. The largest absolute Gasteiger partial charge is 0.493 e. The maximum absolute atomic E-state index is 13.5. The molecule has 1 spiro atoms. The topological polar surface area (TPSA) is 103 Å². The van der Waals surface area contributed by atoms with Crippen LogP contribution in [-0.2, 0) is 16.9 Å². The molecule has 8 nitrogen and oxygen atoms in total. The number of hydrogen-bond acceptors (Lipinski definition) is 6. The molecular formula is C26H23BrFN3O5. The number of nitrogens with zero attached hydrogens (tertiary/aromatic N) is 1. The Hall–Kier alpha value is -3.50. The molecule has 1 amide bonds. The van der Waals surface area contributed by atoms with Gasteiger partial charge in [-0.25, -0.2) is 4.39 Å². The Bertz CT molecular complexity index is 1370. The summed E-state index contributed by atoms with van der Waals surface area (Å²) in [7, 11) is 1.48. The molecule has 2 aliphatic rings. The number of hydrogen-bond donors (Lipinski definition) is 2. The van der Waals surface area contributed by atoms with Gasteiger partial charge in [-0.05, 0) is 64.3 Å². The van der Waals surface area contributed by atoms with E-state index in [1.54, 1.807) is 48.5 Å². The van der Waals surface area contributed by atoms with Crippen molar-refractivity contribution in [2.75, 3.05) is 12.4 Å². The minimum Gasteiger partial charge on any atom is -0.493 e. The van der Waals surface area contributed by atoms with Crippen molar-refractivity contribution in [2.45, 2.75) is 37.1 Å². The maximum Gasteiger partial charge on any atom is 0.256 e. The molecule has 4 atom stereocenters. The first kappa shape index (κ1) is 24.2. The SMILES string of the molecule is COc1cc([C@@H]2[C@H](C)N[C@]3(C(=O)Nc4ccccc43)[C@@H]2[N+](=O)[O-])cc(Br)c1OCc1cccc(F)c1. The lowest BCUT2D eigenvalue weighted by atomic mass is 9.78. The van der Waals surface area contributed by atoms with Gasteiger partial charge in [0.05, 0.1) is 17.5 Å². The first-order valence-electron chi connectivity index (χ1n) is 11.3. The van der Waals surface area contributed by atoms with E-state index in [1.165, 1.54) is 19.2 Å². The van der Waals surface area contributed by atoms with E-state index in [4.69, 9.17) is 9.47 Å². The van der Waals surface area contributed by atoms with E-state index < -0.39 is 29.4 Å². The molecule has 0 unspecified atom stereocenters. The minimum absolute atomic E-state index is 0.102. The van der Waals surface area contributed by atoms with Gasteiger partial charge in [-0.1, -0.05) is 30.3 Å². The van der Waals surface area contributed by atoms with E-state index in [0.29, 0.717) is 38.3 Å². The van der Waals surface area contributed by atoms with Crippen molar-refractivity contribution in [2.24, 2.45) is 0 Å². The first-order valence-corrected chi connectivity index (χ1v) is 12.1. The zero-order valence-electron chi connectivity index (χ0n) is 19.5. The Morgan fingerprint density at radius 3 is 2.67 bits per heavy atom. The van der Waals surface area contributed by atoms with E-state index in [2.05, 4.69) is 26.6 Å². The Labute approximate surface area is 215 Å². The molecule has 0 radical (unpaired) electrons. The zero-order chi connectivity index (χ0) is 25.6. The second kappa shape index (κ2) is 9.18. The Kier molecular flexibility index (Phi) is 6.17. The summed E-state index contributed by atoms with van der Waals surface area (Å²) in [5, 5.41) is 18.6. The highest BCUT2D eigenvalue weighted by Crippen LogP contribution is 2.51. The third-order valence-electron chi connectivity index (χ3n) is 6.87. The van der Waals surface area contributed by atoms with E-state index in [0.717, 1.165) is 0 Å². The lowest BCUT2D eigenvalue weighted by molar-refractivity contribution is -0.532. The van der Waals surface area contributed by atoms with Gasteiger partial charge < -0.3 is 14.8 Å². The molecule has 0 aliphatic carbocycles. The molecule has 3 aromatic carbocycles. The van der Waals surface area contributed by atoms with Crippen LogP contribution in [0.3, 0.4) is 0 Å². The number of ether oxygens (including phenoxy) is 2. The number of methoxy groups -OCH3 is 1. The van der Waals surface area contributed by atoms with Gasteiger partial charge in [0.25, 0.3) is 11.9 Å². The molecule has 0 bridgehead atoms. The second-order valence-electron chi connectivity index (χ2n) is 8.95. The molecule has 36 heavy (non-hydrogen) atoms. The van der Waals surface area contributed by atoms with Crippen molar-refractivity contribution in [3.05, 3.63) is 97.8 Å². The van der Waals surface area contributed by atoms with E-state index in [-0.39, 0.29) is 17.3 Å². The number of rotatable bonds is 6. The number of para-hydroxylation sites is 1. The quantitative estimate of drug-likeness (QED) is 0.336. The highest BCUT2D eigenvalue weighted by Gasteiger charge is 2.67. The fourth-order valence-corrected chi connectivity index (χ4v) is 5.98. The molecular weight excluding hydrogens is 533 g/mol. The summed E-state index contributed by atoms with van der Waals surface area (Å²) < 4.78 is 25.6. The van der Waals surface area contributed by atoms with Crippen LogP contribution in [-0.4, -0.2) is 30.0 Å². The van der Waals surface area contributed by atoms with Gasteiger partial charge in [0.2, 0.25) is 0 Å². The lowest BCUT2D eigenvalue weighted by Crippen LogP contribution is -2.54. The summed E-state index contributed by atoms with van der Waals surface area (Å²) in [6.07, 6.45) is 0. The molecule has 2 heterocycles. The van der Waals surface area contributed by atoms with Gasteiger partial charge in [-0.2, -0.15) is 0 Å². The zero-order valence-corrected chi connectivity index (χ0v) is 21.0. The third-order valence-corrected chi connectivity index (χ3v) is 7.46. The number of nitrogens with one attached hydrogen (secondary N) is 2. The van der Waals surface area contributed by atoms with Crippen LogP contribution in [0.25, 0.3) is 0 Å². The van der Waals surface area contributed by atoms with E-state index in [9.17, 15) is 19.3 Å². The minimum atomic E-state index is -1.50. The standard InChI is InChI=1S/C26H23BrFN3O5/c1-14-22(24(31(33)34)26(30-14)18-8-3-4-9-20(18)29-25(26)32)16-11-19(27)23(21(12-16)35-2)36-13-15-6-5-7-17(28)10-15/h3-12,14,22,24,30H,13H2,1-2H3,(H,29,32)/t14-,22-,24+,26-/m0/s1. The fraction of sp³-hybridized carbons (Fsp3) is 0.269. The fourth-order valence-electron chi connectivity index (χ4n) is 5.41. The average Bonchev–Trinajstić information content (AvgIpc) is 3.31. The average molecular weight is 556 g/mol. The van der Waals surface area contributed by atoms with Crippen LogP contribution in [0, 0.1) is 15.9 Å². The van der Waals surface area contributed by atoms with Crippen LogP contribution in [0.5, 0.6) is 11.5 Å². The molecule has 0 aromatic heterocycles. The summed E-state index contributed by atoms with van der Waals surface area (Å²) in [6, 6.07) is 14.9. The molecule has 2 N–H and O–H groups in total. The van der Waals surface area contributed by atoms with Gasteiger partial charge in [-0.15, -0.1) is 0 Å². The molecule has 1 fully saturated rings. The summed E-state index contributed by atoms with van der Waals surface area (Å²) in [6.45, 7) is 1.93. The number of halogens is 2. The van der Waals surface area contributed by atoms with Gasteiger partial charge >= 0.3 is 0 Å².